The second-order valence-electron chi connectivity index (χ2n) is 5.67. The number of hydrogen-bond donors (Lipinski definition) is 1. The second-order valence-corrected chi connectivity index (χ2v) is 5.67. The first-order valence-corrected chi connectivity index (χ1v) is 6.67. The molecule has 1 N–H and O–H groups in total. The summed E-state index contributed by atoms with van der Waals surface area (Å²) >= 11 is 0. The van der Waals surface area contributed by atoms with Gasteiger partial charge < -0.3 is 9.88 Å². The van der Waals surface area contributed by atoms with E-state index in [1.165, 1.54) is 5.82 Å². The summed E-state index contributed by atoms with van der Waals surface area (Å²) in [5.41, 5.74) is 0. The highest BCUT2D eigenvalue weighted by atomic mass is 15.0. The standard InChI is InChI=1S/C14H27N3/c1-11(2)9-15-10-13(4)12(3)8-14-16-6-7-17(14)5/h6-7,11-13,15H,8-10H2,1-5H3. The lowest BCUT2D eigenvalue weighted by molar-refractivity contribution is 0.350. The SMILES string of the molecule is CC(C)CNCC(C)C(C)Cc1nccn1C. The fraction of sp³-hybridized carbons (Fsp3) is 0.786. The van der Waals surface area contributed by atoms with Gasteiger partial charge in [-0.05, 0) is 30.8 Å². The van der Waals surface area contributed by atoms with Gasteiger partial charge in [0.2, 0.25) is 0 Å². The maximum atomic E-state index is 4.39. The van der Waals surface area contributed by atoms with Gasteiger partial charge in [-0.2, -0.15) is 0 Å². The van der Waals surface area contributed by atoms with Gasteiger partial charge in [0.25, 0.3) is 0 Å². The molecule has 0 spiro atoms. The molecule has 0 radical (unpaired) electrons. The first kappa shape index (κ1) is 14.2. The van der Waals surface area contributed by atoms with E-state index in [0.717, 1.165) is 25.4 Å². The monoisotopic (exact) mass is 237 g/mol. The maximum Gasteiger partial charge on any atom is 0.108 e. The van der Waals surface area contributed by atoms with Crippen molar-refractivity contribution in [3.8, 4) is 0 Å². The number of nitrogens with zero attached hydrogens (tertiary/aromatic N) is 2. The lowest BCUT2D eigenvalue weighted by Gasteiger charge is -2.20. The Morgan fingerprint density at radius 1 is 1.18 bits per heavy atom. The van der Waals surface area contributed by atoms with Crippen LogP contribution in [-0.4, -0.2) is 22.6 Å². The number of rotatable bonds is 7. The summed E-state index contributed by atoms with van der Waals surface area (Å²) in [5.74, 6) is 3.27. The summed E-state index contributed by atoms with van der Waals surface area (Å²) in [7, 11) is 2.07. The van der Waals surface area contributed by atoms with Crippen LogP contribution in [0.15, 0.2) is 12.4 Å². The Balaban J connectivity index is 2.32. The molecule has 3 nitrogen and oxygen atoms in total. The molecule has 1 heterocycles. The van der Waals surface area contributed by atoms with Crippen molar-refractivity contribution in [3.05, 3.63) is 18.2 Å². The second kappa shape index (κ2) is 6.80. The minimum absolute atomic E-state index is 0.663. The Morgan fingerprint density at radius 2 is 1.88 bits per heavy atom. The van der Waals surface area contributed by atoms with Crippen molar-refractivity contribution in [2.45, 2.75) is 34.1 Å². The van der Waals surface area contributed by atoms with Gasteiger partial charge in [-0.25, -0.2) is 4.98 Å². The van der Waals surface area contributed by atoms with E-state index in [1.807, 2.05) is 12.4 Å². The van der Waals surface area contributed by atoms with Crippen LogP contribution in [0.25, 0.3) is 0 Å². The molecule has 3 heteroatoms. The quantitative estimate of drug-likeness (QED) is 0.789. The fourth-order valence-electron chi connectivity index (χ4n) is 1.88. The number of aromatic nitrogens is 2. The van der Waals surface area contributed by atoms with Crippen LogP contribution in [-0.2, 0) is 13.5 Å². The van der Waals surface area contributed by atoms with E-state index >= 15 is 0 Å². The highest BCUT2D eigenvalue weighted by Crippen LogP contribution is 2.15. The molecular weight excluding hydrogens is 210 g/mol. The highest BCUT2D eigenvalue weighted by Gasteiger charge is 2.14. The van der Waals surface area contributed by atoms with E-state index in [0.29, 0.717) is 11.8 Å². The van der Waals surface area contributed by atoms with Crippen molar-refractivity contribution in [2.75, 3.05) is 13.1 Å². The van der Waals surface area contributed by atoms with E-state index in [9.17, 15) is 0 Å². The predicted octanol–water partition coefficient (Wildman–Crippen LogP) is 2.48. The molecule has 0 aliphatic carbocycles. The normalized spacial score (nSPS) is 15.2. The van der Waals surface area contributed by atoms with Crippen LogP contribution in [0, 0.1) is 17.8 Å². The summed E-state index contributed by atoms with van der Waals surface area (Å²) in [4.78, 5) is 4.39. The Hall–Kier alpha value is -0.830. The summed E-state index contributed by atoms with van der Waals surface area (Å²) in [6.07, 6.45) is 4.96. The van der Waals surface area contributed by atoms with Crippen LogP contribution < -0.4 is 5.32 Å². The topological polar surface area (TPSA) is 29.9 Å². The largest absolute Gasteiger partial charge is 0.338 e. The molecule has 0 aliphatic heterocycles. The van der Waals surface area contributed by atoms with Crippen molar-refractivity contribution in [2.24, 2.45) is 24.8 Å². The molecule has 0 aliphatic rings. The zero-order chi connectivity index (χ0) is 12.8. The van der Waals surface area contributed by atoms with Crippen LogP contribution in [0.4, 0.5) is 0 Å². The van der Waals surface area contributed by atoms with E-state index < -0.39 is 0 Å². The first-order chi connectivity index (χ1) is 8.00. The van der Waals surface area contributed by atoms with Gasteiger partial charge in [0.05, 0.1) is 0 Å². The van der Waals surface area contributed by atoms with Crippen LogP contribution in [0.1, 0.15) is 33.5 Å². The van der Waals surface area contributed by atoms with Crippen molar-refractivity contribution < 1.29 is 0 Å². The predicted molar refractivity (Wildman–Crippen MR) is 72.9 cm³/mol. The third kappa shape index (κ3) is 4.90. The van der Waals surface area contributed by atoms with Crippen molar-refractivity contribution in [1.82, 2.24) is 14.9 Å². The van der Waals surface area contributed by atoms with E-state index in [1.54, 1.807) is 0 Å². The summed E-state index contributed by atoms with van der Waals surface area (Å²) < 4.78 is 2.12. The Bertz CT molecular complexity index is 317. The van der Waals surface area contributed by atoms with Gasteiger partial charge in [0.15, 0.2) is 0 Å². The lowest BCUT2D eigenvalue weighted by atomic mass is 9.92. The number of hydrogen-bond acceptors (Lipinski definition) is 2. The summed E-state index contributed by atoms with van der Waals surface area (Å²) in [5, 5.41) is 3.53. The lowest BCUT2D eigenvalue weighted by Crippen LogP contribution is -2.29. The zero-order valence-corrected chi connectivity index (χ0v) is 11.9. The molecule has 17 heavy (non-hydrogen) atoms. The molecule has 2 unspecified atom stereocenters. The molecule has 0 fully saturated rings. The third-order valence-electron chi connectivity index (χ3n) is 3.42. The highest BCUT2D eigenvalue weighted by molar-refractivity contribution is 4.93. The van der Waals surface area contributed by atoms with Gasteiger partial charge in [-0.3, -0.25) is 0 Å². The van der Waals surface area contributed by atoms with Crippen molar-refractivity contribution in [3.63, 3.8) is 0 Å². The average Bonchev–Trinajstić information content (AvgIpc) is 2.63. The van der Waals surface area contributed by atoms with Gasteiger partial charge in [0.1, 0.15) is 5.82 Å². The van der Waals surface area contributed by atoms with Gasteiger partial charge >= 0.3 is 0 Å². The van der Waals surface area contributed by atoms with Crippen molar-refractivity contribution in [1.29, 1.82) is 0 Å². The molecule has 1 aromatic heterocycles. The molecule has 0 saturated heterocycles. The van der Waals surface area contributed by atoms with Gasteiger partial charge in [0, 0.05) is 25.9 Å². The van der Waals surface area contributed by atoms with E-state index in [-0.39, 0.29) is 0 Å². The molecule has 98 valence electrons. The molecule has 1 aromatic rings. The number of aryl methyl sites for hydroxylation is 1. The average molecular weight is 237 g/mol. The smallest absolute Gasteiger partial charge is 0.108 e. The fourth-order valence-corrected chi connectivity index (χ4v) is 1.88. The minimum atomic E-state index is 0.663. The molecular formula is C14H27N3. The van der Waals surface area contributed by atoms with Crippen LogP contribution in [0.2, 0.25) is 0 Å². The van der Waals surface area contributed by atoms with Crippen LogP contribution in [0.3, 0.4) is 0 Å². The zero-order valence-electron chi connectivity index (χ0n) is 11.9. The molecule has 0 aromatic carbocycles. The molecule has 2 atom stereocenters. The van der Waals surface area contributed by atoms with Crippen LogP contribution in [0.5, 0.6) is 0 Å². The van der Waals surface area contributed by atoms with E-state index in [2.05, 4.69) is 49.6 Å². The maximum absolute atomic E-state index is 4.39. The van der Waals surface area contributed by atoms with Crippen LogP contribution >= 0.6 is 0 Å². The molecule has 1 rings (SSSR count). The van der Waals surface area contributed by atoms with Crippen molar-refractivity contribution >= 4 is 0 Å². The molecule has 0 bridgehead atoms. The number of nitrogens with one attached hydrogen (secondary N) is 1. The Labute approximate surface area is 106 Å². The molecule has 0 amide bonds. The minimum Gasteiger partial charge on any atom is -0.338 e. The molecule has 0 saturated carbocycles. The van der Waals surface area contributed by atoms with E-state index in [4.69, 9.17) is 0 Å². The third-order valence-corrected chi connectivity index (χ3v) is 3.42. The number of imidazole rings is 1. The summed E-state index contributed by atoms with van der Waals surface area (Å²) in [6, 6.07) is 0. The van der Waals surface area contributed by atoms with Gasteiger partial charge in [-0.15, -0.1) is 0 Å². The summed E-state index contributed by atoms with van der Waals surface area (Å²) in [6.45, 7) is 11.3. The first-order valence-electron chi connectivity index (χ1n) is 6.67. The Morgan fingerprint density at radius 3 is 2.41 bits per heavy atom. The van der Waals surface area contributed by atoms with Gasteiger partial charge in [-0.1, -0.05) is 27.7 Å². The Kier molecular flexibility index (Phi) is 5.69.